The van der Waals surface area contributed by atoms with Crippen LogP contribution < -0.4 is 10.6 Å². The van der Waals surface area contributed by atoms with Gasteiger partial charge in [-0.2, -0.15) is 0 Å². The molecule has 2 aliphatic rings. The maximum atomic E-state index is 12.9. The Labute approximate surface area is 198 Å². The number of nitrogens with one attached hydrogen (secondary N) is 2. The first kappa shape index (κ1) is 23.8. The molecule has 0 radical (unpaired) electrons. The van der Waals surface area contributed by atoms with Crippen LogP contribution >= 0.6 is 0 Å². The highest BCUT2D eigenvalue weighted by molar-refractivity contribution is 5.89. The number of carboxylic acids is 1. The first-order valence-electron chi connectivity index (χ1n) is 11.6. The van der Waals surface area contributed by atoms with Crippen LogP contribution in [-0.4, -0.2) is 54.5 Å². The van der Waals surface area contributed by atoms with E-state index in [0.717, 1.165) is 22.3 Å². The molecule has 2 unspecified atom stereocenters. The smallest absolute Gasteiger partial charge is 0.407 e. The number of carbonyl (C=O) groups is 3. The molecule has 1 heterocycles. The minimum absolute atomic E-state index is 0.0673. The summed E-state index contributed by atoms with van der Waals surface area (Å²) in [4.78, 5) is 37.3. The summed E-state index contributed by atoms with van der Waals surface area (Å²) in [6.45, 7) is 3.85. The quantitative estimate of drug-likeness (QED) is 0.550. The molecule has 2 atom stereocenters. The van der Waals surface area contributed by atoms with Gasteiger partial charge in [-0.3, -0.25) is 4.79 Å². The standard InChI is InChI=1S/C26H30N2O6/c1-3-26(4-2,24(30)31)28-23(29)21-13-33-15-22(21)27-25(32)34-14-20-18-11-7-5-9-16(18)17-10-6-8-12-19(17)20/h5-12,20-22H,3-4,13-15H2,1-2H3,(H,27,32)(H,28,29)(H,30,31). The zero-order valence-corrected chi connectivity index (χ0v) is 19.4. The summed E-state index contributed by atoms with van der Waals surface area (Å²) in [5.41, 5.74) is 3.17. The molecule has 2 aromatic rings. The van der Waals surface area contributed by atoms with Crippen molar-refractivity contribution in [3.05, 3.63) is 59.7 Å². The number of carbonyl (C=O) groups excluding carboxylic acids is 2. The van der Waals surface area contributed by atoms with E-state index in [1.807, 2.05) is 36.4 Å². The first-order valence-corrected chi connectivity index (χ1v) is 11.6. The van der Waals surface area contributed by atoms with Crippen molar-refractivity contribution in [1.82, 2.24) is 10.6 Å². The van der Waals surface area contributed by atoms with Crippen molar-refractivity contribution in [1.29, 1.82) is 0 Å². The molecule has 2 amide bonds. The van der Waals surface area contributed by atoms with Crippen LogP contribution in [0.5, 0.6) is 0 Å². The number of fused-ring (bicyclic) bond motifs is 3. The Morgan fingerprint density at radius 3 is 2.15 bits per heavy atom. The normalized spacial score (nSPS) is 19.2. The zero-order valence-electron chi connectivity index (χ0n) is 19.4. The fourth-order valence-electron chi connectivity index (χ4n) is 4.86. The van der Waals surface area contributed by atoms with Gasteiger partial charge in [-0.05, 0) is 35.1 Å². The molecule has 1 fully saturated rings. The molecular weight excluding hydrogens is 436 g/mol. The number of hydrogen-bond donors (Lipinski definition) is 3. The van der Waals surface area contributed by atoms with Gasteiger partial charge in [-0.25, -0.2) is 9.59 Å². The predicted molar refractivity (Wildman–Crippen MR) is 125 cm³/mol. The van der Waals surface area contributed by atoms with Crippen molar-refractivity contribution >= 4 is 18.0 Å². The molecule has 0 spiro atoms. The number of amides is 2. The van der Waals surface area contributed by atoms with Crippen LogP contribution in [0.4, 0.5) is 4.79 Å². The van der Waals surface area contributed by atoms with Gasteiger partial charge in [0.1, 0.15) is 12.1 Å². The zero-order chi connectivity index (χ0) is 24.3. The minimum Gasteiger partial charge on any atom is -0.480 e. The van der Waals surface area contributed by atoms with Gasteiger partial charge in [0.15, 0.2) is 0 Å². The van der Waals surface area contributed by atoms with Crippen LogP contribution in [-0.2, 0) is 19.1 Å². The summed E-state index contributed by atoms with van der Waals surface area (Å²) < 4.78 is 11.0. The van der Waals surface area contributed by atoms with Crippen LogP contribution in [0.2, 0.25) is 0 Å². The molecule has 8 nitrogen and oxygen atoms in total. The molecular formula is C26H30N2O6. The molecule has 0 saturated carbocycles. The Hall–Kier alpha value is -3.39. The van der Waals surface area contributed by atoms with Gasteiger partial charge >= 0.3 is 12.1 Å². The second-order valence-corrected chi connectivity index (χ2v) is 8.80. The molecule has 4 rings (SSSR count). The number of hydrogen-bond acceptors (Lipinski definition) is 5. The molecule has 180 valence electrons. The summed E-state index contributed by atoms with van der Waals surface area (Å²) in [5.74, 6) is -2.29. The fourth-order valence-corrected chi connectivity index (χ4v) is 4.86. The van der Waals surface area contributed by atoms with E-state index in [0.29, 0.717) is 0 Å². The number of carboxylic acid groups (broad SMARTS) is 1. The Morgan fingerprint density at radius 2 is 1.59 bits per heavy atom. The van der Waals surface area contributed by atoms with Crippen molar-refractivity contribution in [2.75, 3.05) is 19.8 Å². The summed E-state index contributed by atoms with van der Waals surface area (Å²) in [7, 11) is 0. The van der Waals surface area contributed by atoms with E-state index in [9.17, 15) is 19.5 Å². The van der Waals surface area contributed by atoms with Crippen molar-refractivity contribution in [2.24, 2.45) is 5.92 Å². The van der Waals surface area contributed by atoms with Gasteiger partial charge in [0, 0.05) is 5.92 Å². The number of benzene rings is 2. The SMILES string of the molecule is CCC(CC)(NC(=O)C1COCC1NC(=O)OCC1c2ccccc2-c2ccccc21)C(=O)O. The van der Waals surface area contributed by atoms with Gasteiger partial charge in [0.05, 0.1) is 25.2 Å². The molecule has 8 heteroatoms. The molecule has 1 aliphatic heterocycles. The van der Waals surface area contributed by atoms with E-state index in [1.54, 1.807) is 13.8 Å². The number of aliphatic carboxylic acids is 1. The van der Waals surface area contributed by atoms with Crippen LogP contribution in [0.1, 0.15) is 43.7 Å². The summed E-state index contributed by atoms with van der Waals surface area (Å²) in [6, 6.07) is 15.6. The van der Waals surface area contributed by atoms with E-state index in [2.05, 4.69) is 22.8 Å². The topological polar surface area (TPSA) is 114 Å². The fraction of sp³-hybridized carbons (Fsp3) is 0.423. The number of rotatable bonds is 8. The van der Waals surface area contributed by atoms with Crippen LogP contribution in [0, 0.1) is 5.92 Å². The van der Waals surface area contributed by atoms with Crippen LogP contribution in [0.15, 0.2) is 48.5 Å². The van der Waals surface area contributed by atoms with E-state index >= 15 is 0 Å². The third kappa shape index (κ3) is 4.37. The molecule has 1 saturated heterocycles. The highest BCUT2D eigenvalue weighted by Crippen LogP contribution is 2.44. The van der Waals surface area contributed by atoms with E-state index in [-0.39, 0.29) is 38.6 Å². The van der Waals surface area contributed by atoms with Crippen LogP contribution in [0.25, 0.3) is 11.1 Å². The number of alkyl carbamates (subject to hydrolysis) is 1. The highest BCUT2D eigenvalue weighted by Gasteiger charge is 2.42. The molecule has 0 aromatic heterocycles. The maximum absolute atomic E-state index is 12.9. The minimum atomic E-state index is -1.34. The highest BCUT2D eigenvalue weighted by atomic mass is 16.5. The molecule has 0 bridgehead atoms. The van der Waals surface area contributed by atoms with Gasteiger partial charge in [-0.15, -0.1) is 0 Å². The van der Waals surface area contributed by atoms with Gasteiger partial charge in [0.2, 0.25) is 5.91 Å². The maximum Gasteiger partial charge on any atom is 0.407 e. The molecule has 34 heavy (non-hydrogen) atoms. The second-order valence-electron chi connectivity index (χ2n) is 8.80. The lowest BCUT2D eigenvalue weighted by molar-refractivity contribution is -0.148. The predicted octanol–water partition coefficient (Wildman–Crippen LogP) is 3.30. The molecule has 2 aromatic carbocycles. The Bertz CT molecular complexity index is 1030. The lowest BCUT2D eigenvalue weighted by atomic mass is 9.91. The van der Waals surface area contributed by atoms with Crippen molar-refractivity contribution in [2.45, 2.75) is 44.2 Å². The first-order chi connectivity index (χ1) is 16.4. The Morgan fingerprint density at radius 1 is 1.00 bits per heavy atom. The average Bonchev–Trinajstić information content (AvgIpc) is 3.43. The largest absolute Gasteiger partial charge is 0.480 e. The van der Waals surface area contributed by atoms with Gasteiger partial charge in [0.25, 0.3) is 0 Å². The van der Waals surface area contributed by atoms with Gasteiger partial charge in [-0.1, -0.05) is 62.4 Å². The Balaban J connectivity index is 1.39. The monoisotopic (exact) mass is 466 g/mol. The van der Waals surface area contributed by atoms with E-state index in [1.165, 1.54) is 0 Å². The van der Waals surface area contributed by atoms with Crippen molar-refractivity contribution in [3.8, 4) is 11.1 Å². The van der Waals surface area contributed by atoms with E-state index in [4.69, 9.17) is 9.47 Å². The summed E-state index contributed by atoms with van der Waals surface area (Å²) in [6.07, 6.45) is -0.128. The lowest BCUT2D eigenvalue weighted by Crippen LogP contribution is -2.57. The third-order valence-corrected chi connectivity index (χ3v) is 7.04. The number of ether oxygens (including phenoxy) is 2. The van der Waals surface area contributed by atoms with Crippen molar-refractivity contribution < 1.29 is 29.0 Å². The lowest BCUT2D eigenvalue weighted by Gasteiger charge is -2.30. The summed E-state index contributed by atoms with van der Waals surface area (Å²) >= 11 is 0. The summed E-state index contributed by atoms with van der Waals surface area (Å²) in [5, 5.41) is 15.0. The Kier molecular flexibility index (Phi) is 6.88. The molecule has 3 N–H and O–H groups in total. The molecule has 1 aliphatic carbocycles. The second kappa shape index (κ2) is 9.85. The van der Waals surface area contributed by atoms with E-state index < -0.39 is 35.5 Å². The van der Waals surface area contributed by atoms with Gasteiger partial charge < -0.3 is 25.2 Å². The third-order valence-electron chi connectivity index (χ3n) is 7.04. The average molecular weight is 467 g/mol. The van der Waals surface area contributed by atoms with Crippen molar-refractivity contribution in [3.63, 3.8) is 0 Å². The van der Waals surface area contributed by atoms with Crippen LogP contribution in [0.3, 0.4) is 0 Å².